The van der Waals surface area contributed by atoms with E-state index in [1.807, 2.05) is 43.0 Å². The van der Waals surface area contributed by atoms with Crippen LogP contribution in [-0.4, -0.2) is 49.0 Å². The molecule has 150 valence electrons. The molecule has 2 fully saturated rings. The number of piperidine rings is 1. The van der Waals surface area contributed by atoms with E-state index in [-0.39, 0.29) is 42.6 Å². The van der Waals surface area contributed by atoms with E-state index in [0.717, 1.165) is 25.1 Å². The lowest BCUT2D eigenvalue weighted by Crippen LogP contribution is -2.47. The average Bonchev–Trinajstić information content (AvgIpc) is 3.03. The molecule has 3 unspecified atom stereocenters. The summed E-state index contributed by atoms with van der Waals surface area (Å²) in [5, 5.41) is 0. The first-order chi connectivity index (χ1) is 12.5. The van der Waals surface area contributed by atoms with Crippen molar-refractivity contribution >= 4 is 29.9 Å². The molecule has 0 aromatic heterocycles. The Morgan fingerprint density at radius 2 is 2.07 bits per heavy atom. The molecule has 6 nitrogen and oxygen atoms in total. The molecular formula is C20H30ClN3O3. The van der Waals surface area contributed by atoms with Crippen LogP contribution >= 0.6 is 12.4 Å². The molecule has 2 aliphatic heterocycles. The Morgan fingerprint density at radius 3 is 2.78 bits per heavy atom. The van der Waals surface area contributed by atoms with Crippen molar-refractivity contribution in [3.63, 3.8) is 0 Å². The number of anilines is 1. The van der Waals surface area contributed by atoms with Crippen LogP contribution < -0.4 is 15.4 Å². The largest absolute Gasteiger partial charge is 0.492 e. The predicted octanol–water partition coefficient (Wildman–Crippen LogP) is 2.45. The number of ether oxygens (including phenoxy) is 1. The second-order valence-corrected chi connectivity index (χ2v) is 7.35. The molecule has 1 aromatic rings. The lowest BCUT2D eigenvalue weighted by Gasteiger charge is -2.35. The van der Waals surface area contributed by atoms with Crippen LogP contribution in [0.5, 0.6) is 5.75 Å². The Hall–Kier alpha value is -1.79. The Bertz CT molecular complexity index is 668. The van der Waals surface area contributed by atoms with E-state index in [1.54, 1.807) is 4.90 Å². The third kappa shape index (κ3) is 4.74. The van der Waals surface area contributed by atoms with Crippen molar-refractivity contribution in [2.45, 2.75) is 39.2 Å². The smallest absolute Gasteiger partial charge is 0.228 e. The first-order valence-corrected chi connectivity index (χ1v) is 9.57. The van der Waals surface area contributed by atoms with Crippen LogP contribution in [0.4, 0.5) is 5.69 Å². The van der Waals surface area contributed by atoms with Gasteiger partial charge in [-0.3, -0.25) is 9.59 Å². The van der Waals surface area contributed by atoms with E-state index < -0.39 is 0 Å². The van der Waals surface area contributed by atoms with Crippen molar-refractivity contribution in [1.29, 1.82) is 0 Å². The molecule has 2 heterocycles. The van der Waals surface area contributed by atoms with Crippen LogP contribution in [0.1, 0.15) is 33.1 Å². The van der Waals surface area contributed by atoms with Crippen molar-refractivity contribution < 1.29 is 14.3 Å². The molecule has 0 spiro atoms. The Labute approximate surface area is 167 Å². The number of carbonyl (C=O) groups is 2. The zero-order chi connectivity index (χ0) is 18.7. The SMILES string of the molecule is CCOc1ccccc1N1CC(C(=O)N2CCCC(C(C)N)C2)CC1=O.Cl. The Balaban J connectivity index is 0.00000261. The van der Waals surface area contributed by atoms with Crippen LogP contribution in [0.3, 0.4) is 0 Å². The number of hydrogen-bond acceptors (Lipinski definition) is 4. The van der Waals surface area contributed by atoms with Gasteiger partial charge < -0.3 is 20.3 Å². The summed E-state index contributed by atoms with van der Waals surface area (Å²) in [5.74, 6) is 0.811. The molecule has 2 saturated heterocycles. The standard InChI is InChI=1S/C20H29N3O3.ClH/c1-3-26-18-9-5-4-8-17(18)23-13-16(11-19(23)24)20(25)22-10-6-7-15(12-22)14(2)21;/h4-5,8-9,14-16H,3,6-7,10-13,21H2,1-2H3;1H. The maximum atomic E-state index is 13.0. The average molecular weight is 396 g/mol. The normalized spacial score (nSPS) is 23.7. The van der Waals surface area contributed by atoms with E-state index >= 15 is 0 Å². The fraction of sp³-hybridized carbons (Fsp3) is 0.600. The second-order valence-electron chi connectivity index (χ2n) is 7.35. The highest BCUT2D eigenvalue weighted by Gasteiger charge is 2.39. The highest BCUT2D eigenvalue weighted by atomic mass is 35.5. The van der Waals surface area contributed by atoms with Gasteiger partial charge in [0.15, 0.2) is 0 Å². The van der Waals surface area contributed by atoms with Crippen molar-refractivity contribution in [1.82, 2.24) is 4.90 Å². The molecule has 0 saturated carbocycles. The molecule has 2 aliphatic rings. The maximum Gasteiger partial charge on any atom is 0.228 e. The van der Waals surface area contributed by atoms with Gasteiger partial charge in [-0.25, -0.2) is 0 Å². The van der Waals surface area contributed by atoms with Crippen LogP contribution in [-0.2, 0) is 9.59 Å². The number of nitrogens with zero attached hydrogens (tertiary/aromatic N) is 2. The summed E-state index contributed by atoms with van der Waals surface area (Å²) >= 11 is 0. The molecule has 2 N–H and O–H groups in total. The van der Waals surface area contributed by atoms with Gasteiger partial charge >= 0.3 is 0 Å². The van der Waals surface area contributed by atoms with Gasteiger partial charge in [0.25, 0.3) is 0 Å². The molecule has 1 aromatic carbocycles. The van der Waals surface area contributed by atoms with Gasteiger partial charge in [-0.05, 0) is 44.7 Å². The van der Waals surface area contributed by atoms with Gasteiger partial charge in [0, 0.05) is 32.1 Å². The van der Waals surface area contributed by atoms with Gasteiger partial charge in [0.1, 0.15) is 5.75 Å². The zero-order valence-corrected chi connectivity index (χ0v) is 16.9. The van der Waals surface area contributed by atoms with Crippen molar-refractivity contribution in [3.8, 4) is 5.75 Å². The van der Waals surface area contributed by atoms with Crippen molar-refractivity contribution in [2.75, 3.05) is 31.1 Å². The third-order valence-corrected chi connectivity index (χ3v) is 5.44. The fourth-order valence-electron chi connectivity index (χ4n) is 3.96. The molecule has 0 aliphatic carbocycles. The highest BCUT2D eigenvalue weighted by Crippen LogP contribution is 2.34. The topological polar surface area (TPSA) is 75.9 Å². The summed E-state index contributed by atoms with van der Waals surface area (Å²) in [6.07, 6.45) is 2.31. The minimum absolute atomic E-state index is 0. The van der Waals surface area contributed by atoms with Gasteiger partial charge in [-0.2, -0.15) is 0 Å². The first-order valence-electron chi connectivity index (χ1n) is 9.57. The molecule has 27 heavy (non-hydrogen) atoms. The summed E-state index contributed by atoms with van der Waals surface area (Å²) in [4.78, 5) is 29.2. The van der Waals surface area contributed by atoms with Gasteiger partial charge in [0.2, 0.25) is 11.8 Å². The predicted molar refractivity (Wildman–Crippen MR) is 108 cm³/mol. The molecule has 3 rings (SSSR count). The van der Waals surface area contributed by atoms with Crippen LogP contribution in [0.2, 0.25) is 0 Å². The number of para-hydroxylation sites is 2. The van der Waals surface area contributed by atoms with E-state index in [1.165, 1.54) is 0 Å². The third-order valence-electron chi connectivity index (χ3n) is 5.44. The van der Waals surface area contributed by atoms with E-state index in [4.69, 9.17) is 10.5 Å². The van der Waals surface area contributed by atoms with E-state index in [9.17, 15) is 9.59 Å². The molecule has 0 radical (unpaired) electrons. The minimum atomic E-state index is -0.288. The molecule has 0 bridgehead atoms. The van der Waals surface area contributed by atoms with E-state index in [2.05, 4.69) is 0 Å². The van der Waals surface area contributed by atoms with Crippen LogP contribution in [0.15, 0.2) is 24.3 Å². The molecular weight excluding hydrogens is 366 g/mol. The number of amides is 2. The Morgan fingerprint density at radius 1 is 1.33 bits per heavy atom. The summed E-state index contributed by atoms with van der Waals surface area (Å²) < 4.78 is 5.65. The monoisotopic (exact) mass is 395 g/mol. The summed E-state index contributed by atoms with van der Waals surface area (Å²) in [6.45, 7) is 6.35. The van der Waals surface area contributed by atoms with Crippen molar-refractivity contribution in [3.05, 3.63) is 24.3 Å². The van der Waals surface area contributed by atoms with Crippen molar-refractivity contribution in [2.24, 2.45) is 17.6 Å². The van der Waals surface area contributed by atoms with E-state index in [0.29, 0.717) is 31.4 Å². The zero-order valence-electron chi connectivity index (χ0n) is 16.1. The second kappa shape index (κ2) is 9.42. The lowest BCUT2D eigenvalue weighted by molar-refractivity contribution is -0.137. The summed E-state index contributed by atoms with van der Waals surface area (Å²) in [6, 6.07) is 7.60. The number of benzene rings is 1. The summed E-state index contributed by atoms with van der Waals surface area (Å²) in [7, 11) is 0. The number of rotatable bonds is 5. The number of hydrogen-bond donors (Lipinski definition) is 1. The number of carbonyl (C=O) groups excluding carboxylic acids is 2. The fourth-order valence-corrected chi connectivity index (χ4v) is 3.96. The number of halogens is 1. The van der Waals surface area contributed by atoms with Crippen LogP contribution in [0.25, 0.3) is 0 Å². The van der Waals surface area contributed by atoms with Crippen LogP contribution in [0, 0.1) is 11.8 Å². The quantitative estimate of drug-likeness (QED) is 0.830. The van der Waals surface area contributed by atoms with Gasteiger partial charge in [-0.1, -0.05) is 12.1 Å². The Kier molecular flexibility index (Phi) is 7.50. The minimum Gasteiger partial charge on any atom is -0.492 e. The maximum absolute atomic E-state index is 13.0. The number of nitrogens with two attached hydrogens (primary N) is 1. The molecule has 3 atom stereocenters. The number of likely N-dealkylation sites (tertiary alicyclic amines) is 1. The summed E-state index contributed by atoms with van der Waals surface area (Å²) in [5.41, 5.74) is 6.79. The first kappa shape index (κ1) is 21.5. The van der Waals surface area contributed by atoms with Gasteiger partial charge in [0.05, 0.1) is 18.2 Å². The van der Waals surface area contributed by atoms with Gasteiger partial charge in [-0.15, -0.1) is 12.4 Å². The lowest BCUT2D eigenvalue weighted by atomic mass is 9.91. The molecule has 2 amide bonds. The highest BCUT2D eigenvalue weighted by molar-refractivity contribution is 6.01. The molecule has 7 heteroatoms.